The minimum atomic E-state index is -1.21. The van der Waals surface area contributed by atoms with E-state index in [0.29, 0.717) is 12.5 Å². The average Bonchev–Trinajstić information content (AvgIpc) is 3.65. The monoisotopic (exact) mass is 788 g/mol. The molecule has 306 valence electrons. The molecule has 4 heterocycles. The van der Waals surface area contributed by atoms with Gasteiger partial charge in [-0.3, -0.25) is 28.9 Å². The number of carbonyl (C=O) groups is 5. The first-order chi connectivity index (χ1) is 28.3. The van der Waals surface area contributed by atoms with Crippen LogP contribution in [0.4, 0.5) is 0 Å². The van der Waals surface area contributed by atoms with Crippen LogP contribution in [0.3, 0.4) is 0 Å². The van der Waals surface area contributed by atoms with Crippen molar-refractivity contribution >= 4 is 40.4 Å². The van der Waals surface area contributed by atoms with Crippen LogP contribution in [0.25, 0.3) is 10.9 Å². The van der Waals surface area contributed by atoms with Crippen LogP contribution in [0.5, 0.6) is 0 Å². The van der Waals surface area contributed by atoms with Crippen LogP contribution >= 0.6 is 0 Å². The summed E-state index contributed by atoms with van der Waals surface area (Å²) in [6, 6.07) is 23.4. The van der Waals surface area contributed by atoms with Gasteiger partial charge in [-0.2, -0.15) is 0 Å². The zero-order chi connectivity index (χ0) is 40.3. The predicted molar refractivity (Wildman–Crippen MR) is 223 cm³/mol. The number of amides is 5. The predicted octanol–water partition coefficient (Wildman–Crippen LogP) is 2.61. The highest BCUT2D eigenvalue weighted by Crippen LogP contribution is 2.22. The molecule has 3 aliphatic heterocycles. The molecule has 0 aliphatic carbocycles. The number of fused-ring (bicyclic) bond motifs is 1. The molecule has 3 aliphatic rings. The third-order valence-corrected chi connectivity index (χ3v) is 11.7. The van der Waals surface area contributed by atoms with Crippen LogP contribution in [0.15, 0.2) is 91.1 Å². The second-order valence-electron chi connectivity index (χ2n) is 16.0. The Balaban J connectivity index is 1.11. The van der Waals surface area contributed by atoms with Crippen LogP contribution in [0.1, 0.15) is 55.2 Å². The molecule has 0 bridgehead atoms. The number of aromatic nitrogens is 1. The number of hydrogen-bond acceptors (Lipinski definition) is 7. The van der Waals surface area contributed by atoms with Gasteiger partial charge in [0.25, 0.3) is 0 Å². The quantitative estimate of drug-likeness (QED) is 0.144. The van der Waals surface area contributed by atoms with Gasteiger partial charge in [0.2, 0.25) is 29.5 Å². The first-order valence-electron chi connectivity index (χ1n) is 20.8. The van der Waals surface area contributed by atoms with Gasteiger partial charge in [0, 0.05) is 55.6 Å². The maximum atomic E-state index is 14.3. The number of likely N-dealkylation sites (tertiary alicyclic amines) is 2. The number of hydrogen-bond donors (Lipinski definition) is 6. The number of nitrogens with one attached hydrogen (secondary N) is 6. The van der Waals surface area contributed by atoms with Gasteiger partial charge >= 0.3 is 0 Å². The Morgan fingerprint density at radius 3 is 2.03 bits per heavy atom. The Hall–Kier alpha value is -5.53. The third kappa shape index (κ3) is 11.1. The highest BCUT2D eigenvalue weighted by Gasteiger charge is 2.33. The summed E-state index contributed by atoms with van der Waals surface area (Å²) in [5.41, 5.74) is 3.47. The number of para-hydroxylation sites is 1. The van der Waals surface area contributed by atoms with Crippen molar-refractivity contribution in [1.29, 1.82) is 0 Å². The van der Waals surface area contributed by atoms with Gasteiger partial charge in [0.05, 0.1) is 19.0 Å². The van der Waals surface area contributed by atoms with Crippen molar-refractivity contribution in [1.82, 2.24) is 41.4 Å². The second-order valence-corrected chi connectivity index (χ2v) is 16.0. The van der Waals surface area contributed by atoms with Crippen molar-refractivity contribution in [2.75, 3.05) is 39.3 Å². The number of aromatic amines is 1. The molecule has 3 saturated heterocycles. The van der Waals surface area contributed by atoms with E-state index in [0.717, 1.165) is 66.6 Å². The van der Waals surface area contributed by atoms with E-state index in [1.54, 1.807) is 0 Å². The summed E-state index contributed by atoms with van der Waals surface area (Å²) in [6.45, 7) is 3.98. The van der Waals surface area contributed by atoms with Crippen LogP contribution in [0, 0.1) is 0 Å². The molecule has 0 unspecified atom stereocenters. The fourth-order valence-electron chi connectivity index (χ4n) is 8.60. The zero-order valence-corrected chi connectivity index (χ0v) is 33.1. The van der Waals surface area contributed by atoms with Gasteiger partial charge in [-0.25, -0.2) is 0 Å². The fourth-order valence-corrected chi connectivity index (χ4v) is 8.60. The van der Waals surface area contributed by atoms with Crippen molar-refractivity contribution in [3.05, 3.63) is 108 Å². The molecule has 13 heteroatoms. The lowest BCUT2D eigenvalue weighted by Gasteiger charge is -2.40. The Morgan fingerprint density at radius 2 is 1.31 bits per heavy atom. The SMILES string of the molecule is O=C1C[C@@H](NC(=O)CN2CCC(N3CCCCC3)CC2)C(=O)NC[C@H](Cc2ccccc2)NC(=O)[C@H](Cc2ccccc2)NC(=O)[C@H](Cc2c[nH]c3ccccc23)N1. The lowest BCUT2D eigenvalue weighted by atomic mass is 10.00. The Kier molecular flexibility index (Phi) is 13.8. The molecule has 7 rings (SSSR count). The summed E-state index contributed by atoms with van der Waals surface area (Å²) in [7, 11) is 0. The number of carbonyl (C=O) groups excluding carboxylic acids is 5. The molecule has 4 atom stereocenters. The van der Waals surface area contributed by atoms with Gasteiger partial charge in [-0.05, 0) is 68.0 Å². The average molecular weight is 789 g/mol. The summed E-state index contributed by atoms with van der Waals surface area (Å²) in [5, 5.41) is 15.6. The minimum absolute atomic E-state index is 0.0344. The van der Waals surface area contributed by atoms with Crippen molar-refractivity contribution < 1.29 is 24.0 Å². The lowest BCUT2D eigenvalue weighted by molar-refractivity contribution is -0.135. The van der Waals surface area contributed by atoms with E-state index in [4.69, 9.17) is 0 Å². The molecular formula is C45H56N8O5. The van der Waals surface area contributed by atoms with Crippen LogP contribution in [-0.2, 0) is 43.2 Å². The topological polar surface area (TPSA) is 168 Å². The number of piperidine rings is 2. The number of H-pyrrole nitrogens is 1. The van der Waals surface area contributed by atoms with E-state index < -0.39 is 47.8 Å². The minimum Gasteiger partial charge on any atom is -0.361 e. The molecule has 0 radical (unpaired) electrons. The van der Waals surface area contributed by atoms with Gasteiger partial charge < -0.3 is 36.5 Å². The van der Waals surface area contributed by atoms with E-state index >= 15 is 0 Å². The fraction of sp³-hybridized carbons (Fsp3) is 0.444. The maximum Gasteiger partial charge on any atom is 0.243 e. The molecule has 4 aromatic rings. The number of nitrogens with zero attached hydrogens (tertiary/aromatic N) is 2. The standard InChI is InChI=1S/C45H56N8O5/c54-41-27-40(50-42(55)30-52-22-18-35(19-23-52)53-20-10-3-11-21-53)43(56)47-29-34(24-31-12-4-1-5-13-31)48-44(57)38(25-32-14-6-2-7-15-32)51-45(58)39(49-41)26-33-28-46-37-17-9-8-16-36(33)37/h1-2,4-9,12-17,28,34-35,38-40,46H,3,10-11,18-27,29-30H2,(H,47,56)(H,48,57)(H,49,54)(H,50,55)(H,51,58)/t34-,38-,39-,40+/m0/s1. The summed E-state index contributed by atoms with van der Waals surface area (Å²) >= 11 is 0. The van der Waals surface area contributed by atoms with E-state index in [1.807, 2.05) is 91.1 Å². The lowest BCUT2D eigenvalue weighted by Crippen LogP contribution is -2.59. The van der Waals surface area contributed by atoms with E-state index in [2.05, 4.69) is 41.4 Å². The zero-order valence-electron chi connectivity index (χ0n) is 33.1. The normalized spacial score (nSPS) is 23.6. The molecule has 58 heavy (non-hydrogen) atoms. The van der Waals surface area contributed by atoms with Crippen LogP contribution in [0.2, 0.25) is 0 Å². The Labute approximate surface area is 340 Å². The molecule has 3 fully saturated rings. The molecular weight excluding hydrogens is 733 g/mol. The first-order valence-corrected chi connectivity index (χ1v) is 20.8. The first kappa shape index (κ1) is 40.7. The number of benzene rings is 3. The van der Waals surface area contributed by atoms with Gasteiger partial charge in [-0.1, -0.05) is 85.3 Å². The molecule has 5 amide bonds. The van der Waals surface area contributed by atoms with Crippen LogP contribution < -0.4 is 26.6 Å². The van der Waals surface area contributed by atoms with Crippen LogP contribution in [-0.4, -0.2) is 114 Å². The van der Waals surface area contributed by atoms with E-state index in [-0.39, 0.29) is 38.3 Å². The highest BCUT2D eigenvalue weighted by molar-refractivity contribution is 5.96. The molecule has 13 nitrogen and oxygen atoms in total. The highest BCUT2D eigenvalue weighted by atomic mass is 16.2. The van der Waals surface area contributed by atoms with Gasteiger partial charge in [0.15, 0.2) is 0 Å². The Morgan fingerprint density at radius 1 is 0.672 bits per heavy atom. The molecule has 3 aromatic carbocycles. The molecule has 1 aromatic heterocycles. The van der Waals surface area contributed by atoms with Crippen molar-refractivity contribution in [3.8, 4) is 0 Å². The van der Waals surface area contributed by atoms with Gasteiger partial charge in [0.1, 0.15) is 18.1 Å². The largest absolute Gasteiger partial charge is 0.361 e. The summed E-state index contributed by atoms with van der Waals surface area (Å²) in [5.74, 6) is -2.43. The van der Waals surface area contributed by atoms with Crippen molar-refractivity contribution in [3.63, 3.8) is 0 Å². The molecule has 0 spiro atoms. The molecule has 6 N–H and O–H groups in total. The third-order valence-electron chi connectivity index (χ3n) is 11.7. The van der Waals surface area contributed by atoms with Crippen molar-refractivity contribution in [2.24, 2.45) is 0 Å². The summed E-state index contributed by atoms with van der Waals surface area (Å²) in [4.78, 5) is 77.9. The summed E-state index contributed by atoms with van der Waals surface area (Å²) < 4.78 is 0. The van der Waals surface area contributed by atoms with E-state index in [9.17, 15) is 24.0 Å². The molecule has 0 saturated carbocycles. The Bertz CT molecular complexity index is 2010. The summed E-state index contributed by atoms with van der Waals surface area (Å²) in [6.07, 6.45) is 7.89. The maximum absolute atomic E-state index is 14.3. The van der Waals surface area contributed by atoms with Gasteiger partial charge in [-0.15, -0.1) is 0 Å². The smallest absolute Gasteiger partial charge is 0.243 e. The number of rotatable bonds is 10. The van der Waals surface area contributed by atoms with E-state index in [1.165, 1.54) is 19.3 Å². The second kappa shape index (κ2) is 19.8. The van der Waals surface area contributed by atoms with Crippen molar-refractivity contribution in [2.45, 2.75) is 88.0 Å².